The molecule has 0 aliphatic carbocycles. The van der Waals surface area contributed by atoms with Crippen molar-refractivity contribution in [2.24, 2.45) is 5.92 Å². The molecule has 2 rings (SSSR count). The number of benzene rings is 2. The third kappa shape index (κ3) is 4.76. The van der Waals surface area contributed by atoms with Gasteiger partial charge in [0.1, 0.15) is 17.4 Å². The van der Waals surface area contributed by atoms with Gasteiger partial charge in [0.2, 0.25) is 0 Å². The molecule has 0 bridgehead atoms. The molecule has 0 radical (unpaired) electrons. The average Bonchev–Trinajstić information content (AvgIpc) is 2.61. The third-order valence-electron chi connectivity index (χ3n) is 3.68. The Bertz CT molecular complexity index is 689. The van der Waals surface area contributed by atoms with E-state index in [4.69, 9.17) is 4.74 Å². The zero-order chi connectivity index (χ0) is 17.5. The number of halogens is 2. The maximum Gasteiger partial charge on any atom is 0.251 e. The minimum absolute atomic E-state index is 0.128. The molecule has 1 atom stereocenters. The van der Waals surface area contributed by atoms with Gasteiger partial charge in [0.15, 0.2) is 0 Å². The van der Waals surface area contributed by atoms with Crippen molar-refractivity contribution in [2.45, 2.75) is 6.42 Å². The van der Waals surface area contributed by atoms with E-state index in [1.807, 2.05) is 0 Å². The number of amides is 1. The van der Waals surface area contributed by atoms with Gasteiger partial charge in [0, 0.05) is 24.6 Å². The molecule has 0 aliphatic heterocycles. The van der Waals surface area contributed by atoms with Gasteiger partial charge >= 0.3 is 0 Å². The van der Waals surface area contributed by atoms with Crippen molar-refractivity contribution < 1.29 is 23.4 Å². The van der Waals surface area contributed by atoms with Crippen LogP contribution in [0.5, 0.6) is 5.75 Å². The van der Waals surface area contributed by atoms with Crippen LogP contribution in [0.4, 0.5) is 8.78 Å². The Morgan fingerprint density at radius 3 is 2.54 bits per heavy atom. The lowest BCUT2D eigenvalue weighted by Crippen LogP contribution is -2.32. The number of hydrogen-bond acceptors (Lipinski definition) is 3. The monoisotopic (exact) mass is 335 g/mol. The largest absolute Gasteiger partial charge is 0.497 e. The first kappa shape index (κ1) is 17.9. The summed E-state index contributed by atoms with van der Waals surface area (Å²) in [4.78, 5) is 12.1. The van der Waals surface area contributed by atoms with Crippen LogP contribution in [0.3, 0.4) is 0 Å². The van der Waals surface area contributed by atoms with Gasteiger partial charge in [0.05, 0.1) is 7.11 Å². The van der Waals surface area contributed by atoms with E-state index in [9.17, 15) is 18.7 Å². The molecular formula is C18H19F2NO3. The lowest BCUT2D eigenvalue weighted by molar-refractivity contribution is 0.0940. The topological polar surface area (TPSA) is 58.6 Å². The predicted octanol–water partition coefficient (Wildman–Crippen LogP) is 2.55. The van der Waals surface area contributed by atoms with Crippen LogP contribution in [0.15, 0.2) is 42.5 Å². The van der Waals surface area contributed by atoms with Crippen molar-refractivity contribution in [1.82, 2.24) is 5.32 Å². The number of carbonyl (C=O) groups is 1. The Hall–Kier alpha value is -2.47. The van der Waals surface area contributed by atoms with Crippen LogP contribution in [0.2, 0.25) is 0 Å². The van der Waals surface area contributed by atoms with Gasteiger partial charge in [-0.1, -0.05) is 0 Å². The number of aliphatic hydroxyl groups excluding tert-OH is 1. The Balaban J connectivity index is 1.94. The van der Waals surface area contributed by atoms with Gasteiger partial charge in [-0.05, 0) is 54.4 Å². The van der Waals surface area contributed by atoms with Crippen molar-refractivity contribution in [3.63, 3.8) is 0 Å². The molecule has 0 spiro atoms. The second-order valence-corrected chi connectivity index (χ2v) is 5.43. The van der Waals surface area contributed by atoms with E-state index in [1.54, 1.807) is 24.3 Å². The third-order valence-corrected chi connectivity index (χ3v) is 3.68. The molecule has 128 valence electrons. The maximum atomic E-state index is 13.7. The Morgan fingerprint density at radius 1 is 1.21 bits per heavy atom. The molecule has 0 fully saturated rings. The molecule has 0 saturated carbocycles. The normalized spacial score (nSPS) is 11.8. The van der Waals surface area contributed by atoms with E-state index in [-0.39, 0.29) is 31.0 Å². The fourth-order valence-corrected chi connectivity index (χ4v) is 2.29. The highest BCUT2D eigenvalue weighted by atomic mass is 19.1. The van der Waals surface area contributed by atoms with E-state index in [0.29, 0.717) is 11.3 Å². The van der Waals surface area contributed by atoms with Gasteiger partial charge < -0.3 is 15.2 Å². The van der Waals surface area contributed by atoms with Gasteiger partial charge in [-0.3, -0.25) is 4.79 Å². The Morgan fingerprint density at radius 2 is 1.92 bits per heavy atom. The molecule has 0 aliphatic rings. The lowest BCUT2D eigenvalue weighted by atomic mass is 9.99. The van der Waals surface area contributed by atoms with Crippen molar-refractivity contribution in [2.75, 3.05) is 20.3 Å². The fraction of sp³-hybridized carbons (Fsp3) is 0.278. The molecule has 4 nitrogen and oxygen atoms in total. The molecule has 0 saturated heterocycles. The summed E-state index contributed by atoms with van der Waals surface area (Å²) in [5, 5.41) is 12.1. The zero-order valence-electron chi connectivity index (χ0n) is 13.3. The van der Waals surface area contributed by atoms with E-state index >= 15 is 0 Å². The highest BCUT2D eigenvalue weighted by molar-refractivity contribution is 5.94. The van der Waals surface area contributed by atoms with Crippen molar-refractivity contribution in [3.8, 4) is 5.75 Å². The lowest BCUT2D eigenvalue weighted by Gasteiger charge is -2.16. The number of aliphatic hydroxyl groups is 1. The van der Waals surface area contributed by atoms with Crippen LogP contribution < -0.4 is 10.1 Å². The highest BCUT2D eigenvalue weighted by Crippen LogP contribution is 2.15. The van der Waals surface area contributed by atoms with E-state index in [2.05, 4.69) is 5.32 Å². The van der Waals surface area contributed by atoms with Crippen LogP contribution in [-0.2, 0) is 6.42 Å². The first-order valence-corrected chi connectivity index (χ1v) is 7.50. The molecule has 1 amide bonds. The summed E-state index contributed by atoms with van der Waals surface area (Å²) in [6.07, 6.45) is 0.128. The summed E-state index contributed by atoms with van der Waals surface area (Å²) in [7, 11) is 1.53. The first-order valence-electron chi connectivity index (χ1n) is 7.50. The van der Waals surface area contributed by atoms with Gasteiger partial charge in [-0.25, -0.2) is 8.78 Å². The molecule has 2 aromatic rings. The number of carbonyl (C=O) groups excluding carboxylic acids is 1. The second kappa shape index (κ2) is 8.40. The summed E-state index contributed by atoms with van der Waals surface area (Å²) >= 11 is 0. The number of hydrogen-bond donors (Lipinski definition) is 2. The number of ether oxygens (including phenoxy) is 1. The fourth-order valence-electron chi connectivity index (χ4n) is 2.29. The van der Waals surface area contributed by atoms with Crippen LogP contribution in [0, 0.1) is 17.6 Å². The van der Waals surface area contributed by atoms with E-state index < -0.39 is 17.6 Å². The standard InChI is InChI=1S/C18H19F2NO3/c1-24-16-5-2-13(3-6-16)18(23)21-10-12(11-22)8-14-9-15(19)4-7-17(14)20/h2-7,9,12,22H,8,10-11H2,1H3,(H,21,23). The highest BCUT2D eigenvalue weighted by Gasteiger charge is 2.14. The average molecular weight is 335 g/mol. The molecule has 2 N–H and O–H groups in total. The molecule has 2 aromatic carbocycles. The van der Waals surface area contributed by atoms with E-state index in [0.717, 1.165) is 18.2 Å². The van der Waals surface area contributed by atoms with Gasteiger partial charge in [0.25, 0.3) is 5.91 Å². The summed E-state index contributed by atoms with van der Waals surface area (Å²) < 4.78 is 31.9. The van der Waals surface area contributed by atoms with Gasteiger partial charge in [-0.15, -0.1) is 0 Å². The van der Waals surface area contributed by atoms with Crippen LogP contribution in [0.25, 0.3) is 0 Å². The summed E-state index contributed by atoms with van der Waals surface area (Å²) in [6, 6.07) is 9.76. The smallest absolute Gasteiger partial charge is 0.251 e. The number of nitrogens with one attached hydrogen (secondary N) is 1. The van der Waals surface area contributed by atoms with Crippen LogP contribution >= 0.6 is 0 Å². The number of rotatable bonds is 7. The summed E-state index contributed by atoms with van der Waals surface area (Å²) in [5.41, 5.74) is 0.622. The summed E-state index contributed by atoms with van der Waals surface area (Å²) in [6.45, 7) is -0.101. The quantitative estimate of drug-likeness (QED) is 0.818. The molecule has 6 heteroatoms. The molecule has 0 heterocycles. The summed E-state index contributed by atoms with van der Waals surface area (Å²) in [5.74, 6) is -1.15. The molecule has 0 aromatic heterocycles. The predicted molar refractivity (Wildman–Crippen MR) is 86.0 cm³/mol. The van der Waals surface area contributed by atoms with Crippen molar-refractivity contribution in [1.29, 1.82) is 0 Å². The number of methoxy groups -OCH3 is 1. The van der Waals surface area contributed by atoms with Gasteiger partial charge in [-0.2, -0.15) is 0 Å². The minimum atomic E-state index is -0.537. The van der Waals surface area contributed by atoms with E-state index in [1.165, 1.54) is 7.11 Å². The van der Waals surface area contributed by atoms with Crippen LogP contribution in [-0.4, -0.2) is 31.3 Å². The van der Waals surface area contributed by atoms with Crippen molar-refractivity contribution in [3.05, 3.63) is 65.2 Å². The molecule has 1 unspecified atom stereocenters. The Kier molecular flexibility index (Phi) is 6.26. The minimum Gasteiger partial charge on any atom is -0.497 e. The first-order chi connectivity index (χ1) is 11.5. The maximum absolute atomic E-state index is 13.7. The second-order valence-electron chi connectivity index (χ2n) is 5.43. The zero-order valence-corrected chi connectivity index (χ0v) is 13.3. The molecule has 24 heavy (non-hydrogen) atoms. The molecular weight excluding hydrogens is 316 g/mol. The SMILES string of the molecule is COc1ccc(C(=O)NCC(CO)Cc2cc(F)ccc2F)cc1. The van der Waals surface area contributed by atoms with Crippen molar-refractivity contribution >= 4 is 5.91 Å². The Labute approximate surface area is 139 Å². The van der Waals surface area contributed by atoms with Crippen LogP contribution in [0.1, 0.15) is 15.9 Å².